The van der Waals surface area contributed by atoms with Crippen LogP contribution in [0.3, 0.4) is 0 Å². The van der Waals surface area contributed by atoms with Crippen molar-refractivity contribution in [2.45, 2.75) is 37.7 Å². The second kappa shape index (κ2) is 8.78. The maximum Gasteiger partial charge on any atom is 0.301 e. The first-order valence-electron chi connectivity index (χ1n) is 9.34. The minimum absolute atomic E-state index is 0.0930. The molecule has 0 radical (unpaired) electrons. The largest absolute Gasteiger partial charge is 0.367 e. The molecule has 0 amide bonds. The van der Waals surface area contributed by atoms with Gasteiger partial charge < -0.3 is 4.74 Å². The van der Waals surface area contributed by atoms with E-state index in [0.29, 0.717) is 6.42 Å². The molecule has 0 bridgehead atoms. The molecule has 2 aromatic rings. The van der Waals surface area contributed by atoms with Gasteiger partial charge in [-0.15, -0.1) is 0 Å². The van der Waals surface area contributed by atoms with Crippen LogP contribution in [0.2, 0.25) is 0 Å². The van der Waals surface area contributed by atoms with Crippen molar-refractivity contribution in [3.63, 3.8) is 0 Å². The maximum atomic E-state index is 11.4. The zero-order valence-corrected chi connectivity index (χ0v) is 16.0. The molecule has 1 saturated carbocycles. The number of nitro benzene ring substituents is 2. The fourth-order valence-electron chi connectivity index (χ4n) is 3.70. The third-order valence-corrected chi connectivity index (χ3v) is 5.20. The number of nitrogens with zero attached hydrogens (tertiary/aromatic N) is 3. The van der Waals surface area contributed by atoms with E-state index in [9.17, 15) is 20.2 Å². The summed E-state index contributed by atoms with van der Waals surface area (Å²) in [4.78, 5) is 21.0. The number of nitrogens with one attached hydrogen (secondary N) is 1. The number of hydrogen-bond donors (Lipinski definition) is 1. The van der Waals surface area contributed by atoms with Crippen LogP contribution in [0, 0.1) is 20.2 Å². The molecule has 1 fully saturated rings. The number of methoxy groups -OCH3 is 1. The predicted octanol–water partition coefficient (Wildman–Crippen LogP) is 4.78. The van der Waals surface area contributed by atoms with Crippen LogP contribution in [0.25, 0.3) is 0 Å². The molecule has 29 heavy (non-hydrogen) atoms. The number of hydrazone groups is 1. The molecular weight excluding hydrogens is 376 g/mol. The van der Waals surface area contributed by atoms with E-state index in [0.717, 1.165) is 43.0 Å². The minimum atomic E-state index is -0.722. The highest BCUT2D eigenvalue weighted by atomic mass is 16.6. The van der Waals surface area contributed by atoms with Gasteiger partial charge in [0.25, 0.3) is 5.69 Å². The van der Waals surface area contributed by atoms with Crippen molar-refractivity contribution in [3.8, 4) is 0 Å². The average Bonchev–Trinajstić information content (AvgIpc) is 2.95. The quantitative estimate of drug-likeness (QED) is 0.425. The molecule has 1 N–H and O–H groups in total. The van der Waals surface area contributed by atoms with E-state index < -0.39 is 21.1 Å². The van der Waals surface area contributed by atoms with Crippen molar-refractivity contribution >= 4 is 22.8 Å². The molecule has 0 saturated heterocycles. The van der Waals surface area contributed by atoms with Crippen LogP contribution >= 0.6 is 0 Å². The van der Waals surface area contributed by atoms with Crippen molar-refractivity contribution in [1.29, 1.82) is 0 Å². The number of anilines is 1. The average molecular weight is 398 g/mol. The number of benzene rings is 2. The first kappa shape index (κ1) is 20.4. The van der Waals surface area contributed by atoms with Crippen LogP contribution in [0.5, 0.6) is 0 Å². The zero-order chi connectivity index (χ0) is 20.9. The van der Waals surface area contributed by atoms with Crippen LogP contribution in [0.15, 0.2) is 53.6 Å². The van der Waals surface area contributed by atoms with E-state index in [1.165, 1.54) is 12.1 Å². The highest BCUT2D eigenvalue weighted by molar-refractivity contribution is 5.94. The van der Waals surface area contributed by atoms with Gasteiger partial charge in [-0.2, -0.15) is 5.10 Å². The van der Waals surface area contributed by atoms with Crippen molar-refractivity contribution < 1.29 is 14.6 Å². The van der Waals surface area contributed by atoms with E-state index in [1.807, 2.05) is 30.3 Å². The topological polar surface area (TPSA) is 120 Å². The molecule has 1 atom stereocenters. The summed E-state index contributed by atoms with van der Waals surface area (Å²) in [5.41, 5.74) is 3.10. The molecule has 9 nitrogen and oxygen atoms in total. The molecule has 0 spiro atoms. The van der Waals surface area contributed by atoms with Crippen LogP contribution in [0.4, 0.5) is 17.1 Å². The van der Waals surface area contributed by atoms with Gasteiger partial charge in [0.1, 0.15) is 11.3 Å². The third-order valence-electron chi connectivity index (χ3n) is 5.20. The molecule has 3 rings (SSSR count). The lowest BCUT2D eigenvalue weighted by Gasteiger charge is -2.33. The Bertz CT molecular complexity index is 932. The lowest BCUT2D eigenvalue weighted by Crippen LogP contribution is -2.37. The number of hydrogen-bond acceptors (Lipinski definition) is 7. The SMILES string of the molecule is COC1(c2ccccc2)CCCCC/C1=N\Nc1ccc([N+](=O)[O-])cc1[N+](=O)[O-]. The van der Waals surface area contributed by atoms with Crippen molar-refractivity contribution in [3.05, 3.63) is 74.3 Å². The van der Waals surface area contributed by atoms with E-state index in [1.54, 1.807) is 7.11 Å². The van der Waals surface area contributed by atoms with Gasteiger partial charge in [-0.05, 0) is 37.3 Å². The second-order valence-electron chi connectivity index (χ2n) is 6.84. The molecular formula is C20H22N4O5. The number of nitro groups is 2. The van der Waals surface area contributed by atoms with Crippen LogP contribution in [-0.2, 0) is 10.3 Å². The molecule has 0 heterocycles. The fourth-order valence-corrected chi connectivity index (χ4v) is 3.70. The summed E-state index contributed by atoms with van der Waals surface area (Å²) in [7, 11) is 1.64. The van der Waals surface area contributed by atoms with Gasteiger partial charge in [0.2, 0.25) is 0 Å². The van der Waals surface area contributed by atoms with Gasteiger partial charge in [-0.25, -0.2) is 0 Å². The number of ether oxygens (including phenoxy) is 1. The normalized spacial score (nSPS) is 20.8. The first-order chi connectivity index (χ1) is 14.0. The highest BCUT2D eigenvalue weighted by Crippen LogP contribution is 2.38. The lowest BCUT2D eigenvalue weighted by atomic mass is 9.84. The Kier molecular flexibility index (Phi) is 6.18. The summed E-state index contributed by atoms with van der Waals surface area (Å²) < 4.78 is 5.98. The van der Waals surface area contributed by atoms with Crippen LogP contribution in [-0.4, -0.2) is 22.7 Å². The molecule has 1 aliphatic carbocycles. The Labute approximate surface area is 167 Å². The Balaban J connectivity index is 2.01. The summed E-state index contributed by atoms with van der Waals surface area (Å²) in [6.07, 6.45) is 4.36. The smallest absolute Gasteiger partial charge is 0.301 e. The van der Waals surface area contributed by atoms with Gasteiger partial charge in [0.15, 0.2) is 0 Å². The molecule has 152 valence electrons. The zero-order valence-electron chi connectivity index (χ0n) is 16.0. The monoisotopic (exact) mass is 398 g/mol. The van der Waals surface area contributed by atoms with E-state index in [4.69, 9.17) is 4.74 Å². The summed E-state index contributed by atoms with van der Waals surface area (Å²) >= 11 is 0. The Morgan fingerprint density at radius 3 is 2.45 bits per heavy atom. The molecule has 0 aliphatic heterocycles. The van der Waals surface area contributed by atoms with E-state index in [2.05, 4.69) is 10.5 Å². The summed E-state index contributed by atoms with van der Waals surface area (Å²) in [5.74, 6) is 0. The van der Waals surface area contributed by atoms with Gasteiger partial charge in [-0.1, -0.05) is 36.8 Å². The molecule has 9 heteroatoms. The molecule has 1 unspecified atom stereocenters. The van der Waals surface area contributed by atoms with Gasteiger partial charge in [0, 0.05) is 13.2 Å². The highest BCUT2D eigenvalue weighted by Gasteiger charge is 2.39. The lowest BCUT2D eigenvalue weighted by molar-refractivity contribution is -0.393. The predicted molar refractivity (Wildman–Crippen MR) is 109 cm³/mol. The Morgan fingerprint density at radius 1 is 1.03 bits per heavy atom. The number of non-ortho nitro benzene ring substituents is 1. The standard InChI is InChI=1S/C20H22N4O5/c1-29-20(15-8-4-2-5-9-15)13-7-3-6-10-19(20)22-21-17-12-11-16(23(25)26)14-18(17)24(27)28/h2,4-5,8-9,11-12,14,21H,3,6-7,10,13H2,1H3/b22-19+. The molecule has 2 aromatic carbocycles. The summed E-state index contributed by atoms with van der Waals surface area (Å²) in [6.45, 7) is 0. The van der Waals surface area contributed by atoms with Crippen molar-refractivity contribution in [2.24, 2.45) is 5.10 Å². The van der Waals surface area contributed by atoms with Crippen molar-refractivity contribution in [2.75, 3.05) is 12.5 Å². The first-order valence-corrected chi connectivity index (χ1v) is 9.34. The molecule has 1 aliphatic rings. The van der Waals surface area contributed by atoms with Crippen molar-refractivity contribution in [1.82, 2.24) is 0 Å². The minimum Gasteiger partial charge on any atom is -0.367 e. The fraction of sp³-hybridized carbons (Fsp3) is 0.350. The summed E-state index contributed by atoms with van der Waals surface area (Å²) in [6, 6.07) is 13.2. The Hall–Kier alpha value is -3.33. The summed E-state index contributed by atoms with van der Waals surface area (Å²) in [5, 5.41) is 26.8. The third kappa shape index (κ3) is 4.24. The van der Waals surface area contributed by atoms with Crippen LogP contribution in [0.1, 0.15) is 37.7 Å². The van der Waals surface area contributed by atoms with Crippen LogP contribution < -0.4 is 5.43 Å². The van der Waals surface area contributed by atoms with Gasteiger partial charge >= 0.3 is 5.69 Å². The molecule has 0 aromatic heterocycles. The maximum absolute atomic E-state index is 11.4. The van der Waals surface area contributed by atoms with Gasteiger partial charge in [0.05, 0.1) is 21.6 Å². The van der Waals surface area contributed by atoms with Gasteiger partial charge in [-0.3, -0.25) is 25.7 Å². The number of rotatable bonds is 6. The van der Waals surface area contributed by atoms with E-state index in [-0.39, 0.29) is 11.4 Å². The van der Waals surface area contributed by atoms with E-state index >= 15 is 0 Å². The Morgan fingerprint density at radius 2 is 1.79 bits per heavy atom. The second-order valence-corrected chi connectivity index (χ2v) is 6.84.